The number of amides is 1. The fourth-order valence-corrected chi connectivity index (χ4v) is 4.01. The zero-order chi connectivity index (χ0) is 21.0. The van der Waals surface area contributed by atoms with Gasteiger partial charge < -0.3 is 19.9 Å². The fourth-order valence-electron chi connectivity index (χ4n) is 2.99. The molecule has 0 radical (unpaired) electrons. The number of rotatable bonds is 7. The maximum absolute atomic E-state index is 12.3. The minimum atomic E-state index is -0.131. The van der Waals surface area contributed by atoms with E-state index < -0.39 is 0 Å². The lowest BCUT2D eigenvalue weighted by Gasteiger charge is -2.14. The number of aromatic hydroxyl groups is 1. The van der Waals surface area contributed by atoms with Gasteiger partial charge in [0.25, 0.3) is 0 Å². The van der Waals surface area contributed by atoms with E-state index in [4.69, 9.17) is 0 Å². The average Bonchev–Trinajstić information content (AvgIpc) is 2.91. The standard InChI is InChI=1S/C22H26N4O2S/c1-15-16(2)22(29-14-20(27)24-19-7-5-6-12-23-19)26(21(15)28)13-17-8-10-18(11-9-17)25(3)4/h5-12,28H,13-14H2,1-4H3,(H,23,24,27). The molecule has 3 rings (SSSR count). The molecule has 0 fully saturated rings. The molecule has 0 unspecified atom stereocenters. The van der Waals surface area contributed by atoms with Crippen molar-refractivity contribution in [3.63, 3.8) is 0 Å². The van der Waals surface area contributed by atoms with Crippen molar-refractivity contribution in [3.8, 4) is 5.88 Å². The lowest BCUT2D eigenvalue weighted by atomic mass is 10.2. The molecule has 0 bridgehead atoms. The maximum atomic E-state index is 12.3. The summed E-state index contributed by atoms with van der Waals surface area (Å²) in [7, 11) is 4.01. The summed E-state index contributed by atoms with van der Waals surface area (Å²) in [6, 6.07) is 13.6. The highest BCUT2D eigenvalue weighted by molar-refractivity contribution is 8.00. The summed E-state index contributed by atoms with van der Waals surface area (Å²) >= 11 is 1.42. The second-order valence-electron chi connectivity index (χ2n) is 7.08. The third-order valence-corrected chi connectivity index (χ3v) is 5.99. The maximum Gasteiger partial charge on any atom is 0.235 e. The Bertz CT molecular complexity index is 982. The second kappa shape index (κ2) is 9.05. The molecule has 0 atom stereocenters. The zero-order valence-corrected chi connectivity index (χ0v) is 18.0. The molecule has 0 saturated heterocycles. The van der Waals surface area contributed by atoms with Crippen molar-refractivity contribution in [2.24, 2.45) is 0 Å². The molecule has 6 nitrogen and oxygen atoms in total. The van der Waals surface area contributed by atoms with Gasteiger partial charge in [-0.3, -0.25) is 4.79 Å². The highest BCUT2D eigenvalue weighted by atomic mass is 32.2. The minimum absolute atomic E-state index is 0.131. The quantitative estimate of drug-likeness (QED) is 0.575. The number of hydrogen-bond donors (Lipinski definition) is 2. The summed E-state index contributed by atoms with van der Waals surface area (Å²) in [6.07, 6.45) is 1.64. The minimum Gasteiger partial charge on any atom is -0.494 e. The number of hydrogen-bond acceptors (Lipinski definition) is 5. The van der Waals surface area contributed by atoms with Gasteiger partial charge in [-0.2, -0.15) is 0 Å². The Hall–Kier alpha value is -2.93. The van der Waals surface area contributed by atoms with Gasteiger partial charge in [0.1, 0.15) is 5.82 Å². The molecule has 0 spiro atoms. The first-order valence-corrected chi connectivity index (χ1v) is 10.3. The average molecular weight is 411 g/mol. The van der Waals surface area contributed by atoms with Crippen LogP contribution in [0.5, 0.6) is 5.88 Å². The highest BCUT2D eigenvalue weighted by Gasteiger charge is 2.19. The Labute approximate surface area is 175 Å². The van der Waals surface area contributed by atoms with Crippen molar-refractivity contribution < 1.29 is 9.90 Å². The van der Waals surface area contributed by atoms with Crippen LogP contribution in [0.25, 0.3) is 0 Å². The topological polar surface area (TPSA) is 70.4 Å². The van der Waals surface area contributed by atoms with Gasteiger partial charge in [0.2, 0.25) is 5.91 Å². The van der Waals surface area contributed by atoms with Crippen molar-refractivity contribution >= 4 is 29.2 Å². The molecule has 2 heterocycles. The van der Waals surface area contributed by atoms with E-state index in [0.717, 1.165) is 27.4 Å². The molecule has 7 heteroatoms. The summed E-state index contributed by atoms with van der Waals surface area (Å²) in [5.74, 6) is 0.880. The molecule has 2 N–H and O–H groups in total. The van der Waals surface area contributed by atoms with Gasteiger partial charge in [-0.15, -0.1) is 0 Å². The van der Waals surface area contributed by atoms with E-state index >= 15 is 0 Å². The Morgan fingerprint density at radius 1 is 1.14 bits per heavy atom. The fraction of sp³-hybridized carbons (Fsp3) is 0.273. The highest BCUT2D eigenvalue weighted by Crippen LogP contribution is 2.35. The second-order valence-corrected chi connectivity index (χ2v) is 8.04. The largest absolute Gasteiger partial charge is 0.494 e. The van der Waals surface area contributed by atoms with Gasteiger partial charge in [-0.05, 0) is 49.2 Å². The lowest BCUT2D eigenvalue weighted by Crippen LogP contribution is -2.15. The summed E-state index contributed by atoms with van der Waals surface area (Å²) in [5.41, 5.74) is 4.03. The van der Waals surface area contributed by atoms with E-state index in [0.29, 0.717) is 12.4 Å². The van der Waals surface area contributed by atoms with Crippen LogP contribution in [0, 0.1) is 13.8 Å². The SMILES string of the molecule is Cc1c(C)c(SCC(=O)Nc2ccccn2)n(Cc2ccc(N(C)C)cc2)c1O. The van der Waals surface area contributed by atoms with Crippen LogP contribution in [-0.2, 0) is 11.3 Å². The first-order valence-electron chi connectivity index (χ1n) is 9.35. The van der Waals surface area contributed by atoms with Gasteiger partial charge in [-0.1, -0.05) is 30.0 Å². The molecular weight excluding hydrogens is 384 g/mol. The van der Waals surface area contributed by atoms with Gasteiger partial charge >= 0.3 is 0 Å². The van der Waals surface area contributed by atoms with Gasteiger partial charge in [-0.25, -0.2) is 4.98 Å². The van der Waals surface area contributed by atoms with E-state index in [9.17, 15) is 9.90 Å². The first-order chi connectivity index (χ1) is 13.9. The third kappa shape index (κ3) is 4.92. The number of carbonyl (C=O) groups excluding carboxylic acids is 1. The van der Waals surface area contributed by atoms with Crippen molar-refractivity contribution in [2.45, 2.75) is 25.4 Å². The monoisotopic (exact) mass is 410 g/mol. The molecule has 0 aliphatic heterocycles. The number of nitrogens with one attached hydrogen (secondary N) is 1. The zero-order valence-electron chi connectivity index (χ0n) is 17.1. The lowest BCUT2D eigenvalue weighted by molar-refractivity contribution is -0.113. The number of carbonyl (C=O) groups is 1. The number of benzene rings is 1. The molecule has 0 aliphatic rings. The van der Waals surface area contributed by atoms with Crippen molar-refractivity contribution in [1.29, 1.82) is 0 Å². The Morgan fingerprint density at radius 2 is 1.86 bits per heavy atom. The molecule has 1 amide bonds. The molecule has 1 aromatic carbocycles. The van der Waals surface area contributed by atoms with E-state index in [-0.39, 0.29) is 17.5 Å². The number of thioether (sulfide) groups is 1. The first kappa shape index (κ1) is 20.8. The molecule has 29 heavy (non-hydrogen) atoms. The predicted octanol–water partition coefficient (Wildman–Crippen LogP) is 4.05. The summed E-state index contributed by atoms with van der Waals surface area (Å²) < 4.78 is 1.87. The summed E-state index contributed by atoms with van der Waals surface area (Å²) in [4.78, 5) is 18.5. The normalized spacial score (nSPS) is 10.8. The molecular formula is C22H26N4O2S. The Morgan fingerprint density at radius 3 is 2.48 bits per heavy atom. The van der Waals surface area contributed by atoms with Crippen LogP contribution in [0.2, 0.25) is 0 Å². The third-order valence-electron chi connectivity index (χ3n) is 4.79. The van der Waals surface area contributed by atoms with Crippen LogP contribution in [0.4, 0.5) is 11.5 Å². The van der Waals surface area contributed by atoms with Crippen LogP contribution in [0.1, 0.15) is 16.7 Å². The Kier molecular flexibility index (Phi) is 6.49. The van der Waals surface area contributed by atoms with Gasteiger partial charge in [0, 0.05) is 31.5 Å². The molecule has 0 aliphatic carbocycles. The summed E-state index contributed by atoms with van der Waals surface area (Å²) in [6.45, 7) is 4.41. The van der Waals surface area contributed by atoms with Crippen LogP contribution in [-0.4, -0.2) is 40.4 Å². The van der Waals surface area contributed by atoms with Gasteiger partial charge in [0.05, 0.1) is 17.3 Å². The van der Waals surface area contributed by atoms with Crippen molar-refractivity contribution in [2.75, 3.05) is 30.1 Å². The predicted molar refractivity (Wildman–Crippen MR) is 119 cm³/mol. The smallest absolute Gasteiger partial charge is 0.235 e. The van der Waals surface area contributed by atoms with Crippen LogP contribution < -0.4 is 10.2 Å². The molecule has 0 saturated carbocycles. The number of nitrogens with zero attached hydrogens (tertiary/aromatic N) is 3. The van der Waals surface area contributed by atoms with Gasteiger partial charge in [0.15, 0.2) is 5.88 Å². The van der Waals surface area contributed by atoms with Crippen molar-refractivity contribution in [3.05, 3.63) is 65.4 Å². The molecule has 2 aromatic heterocycles. The van der Waals surface area contributed by atoms with E-state index in [1.165, 1.54) is 11.8 Å². The van der Waals surface area contributed by atoms with E-state index in [1.807, 2.05) is 43.5 Å². The van der Waals surface area contributed by atoms with E-state index in [1.54, 1.807) is 18.3 Å². The van der Waals surface area contributed by atoms with E-state index in [2.05, 4.69) is 34.6 Å². The van der Waals surface area contributed by atoms with Crippen LogP contribution >= 0.6 is 11.8 Å². The number of aromatic nitrogens is 2. The summed E-state index contributed by atoms with van der Waals surface area (Å²) in [5, 5.41) is 14.3. The van der Waals surface area contributed by atoms with Crippen LogP contribution in [0.3, 0.4) is 0 Å². The van der Waals surface area contributed by atoms with Crippen LogP contribution in [0.15, 0.2) is 53.7 Å². The Balaban J connectivity index is 1.75. The van der Waals surface area contributed by atoms with Crippen molar-refractivity contribution in [1.82, 2.24) is 9.55 Å². The number of pyridine rings is 1. The molecule has 152 valence electrons. The molecule has 3 aromatic rings. The number of anilines is 2.